The third-order valence-corrected chi connectivity index (χ3v) is 4.71. The van der Waals surface area contributed by atoms with Crippen molar-refractivity contribution in [2.75, 3.05) is 11.9 Å². The van der Waals surface area contributed by atoms with Crippen LogP contribution in [0.1, 0.15) is 15.9 Å². The van der Waals surface area contributed by atoms with E-state index in [-0.39, 0.29) is 5.91 Å². The average Bonchev–Trinajstić information content (AvgIpc) is 3.30. The van der Waals surface area contributed by atoms with Crippen molar-refractivity contribution in [3.8, 4) is 11.4 Å². The molecule has 0 fully saturated rings. The van der Waals surface area contributed by atoms with E-state index in [1.807, 2.05) is 47.3 Å². The van der Waals surface area contributed by atoms with Gasteiger partial charge in [-0.15, -0.1) is 0 Å². The van der Waals surface area contributed by atoms with E-state index < -0.39 is 5.82 Å². The molecule has 30 heavy (non-hydrogen) atoms. The van der Waals surface area contributed by atoms with Crippen LogP contribution in [0.3, 0.4) is 0 Å². The van der Waals surface area contributed by atoms with Gasteiger partial charge in [-0.2, -0.15) is 0 Å². The van der Waals surface area contributed by atoms with Gasteiger partial charge >= 0.3 is 0 Å². The molecule has 1 amide bonds. The Labute approximate surface area is 174 Å². The lowest BCUT2D eigenvalue weighted by molar-refractivity contribution is 0.102. The van der Waals surface area contributed by atoms with Crippen molar-refractivity contribution in [3.05, 3.63) is 114 Å². The molecule has 5 heteroatoms. The highest BCUT2D eigenvalue weighted by Crippen LogP contribution is 2.23. The largest absolute Gasteiger partial charge is 0.493 e. The van der Waals surface area contributed by atoms with Crippen LogP contribution >= 0.6 is 0 Å². The molecule has 1 aromatic heterocycles. The second-order valence-corrected chi connectivity index (χ2v) is 6.81. The number of anilines is 1. The van der Waals surface area contributed by atoms with Crippen molar-refractivity contribution in [2.24, 2.45) is 0 Å². The van der Waals surface area contributed by atoms with Gasteiger partial charge in [0.25, 0.3) is 5.91 Å². The van der Waals surface area contributed by atoms with Crippen LogP contribution in [-0.4, -0.2) is 17.1 Å². The summed E-state index contributed by atoms with van der Waals surface area (Å²) in [5.74, 6) is -0.0329. The molecule has 0 radical (unpaired) electrons. The lowest BCUT2D eigenvalue weighted by Gasteiger charge is -2.13. The number of carbonyl (C=O) groups is 1. The van der Waals surface area contributed by atoms with Gasteiger partial charge in [0.15, 0.2) is 0 Å². The topological polar surface area (TPSA) is 43.3 Å². The Balaban J connectivity index is 1.40. The smallest absolute Gasteiger partial charge is 0.255 e. The van der Waals surface area contributed by atoms with E-state index in [4.69, 9.17) is 4.74 Å². The molecule has 0 bridgehead atoms. The van der Waals surface area contributed by atoms with E-state index in [2.05, 4.69) is 17.4 Å². The van der Waals surface area contributed by atoms with Gasteiger partial charge in [-0.05, 0) is 60.2 Å². The summed E-state index contributed by atoms with van der Waals surface area (Å²) in [7, 11) is 0. The van der Waals surface area contributed by atoms with Crippen LogP contribution < -0.4 is 10.1 Å². The molecule has 0 aliphatic carbocycles. The normalized spacial score (nSPS) is 10.6. The van der Waals surface area contributed by atoms with Crippen LogP contribution in [0.4, 0.5) is 10.1 Å². The van der Waals surface area contributed by atoms with Crippen LogP contribution in [-0.2, 0) is 6.42 Å². The molecular weight excluding hydrogens is 379 g/mol. The summed E-state index contributed by atoms with van der Waals surface area (Å²) in [6, 6.07) is 25.1. The Morgan fingerprint density at radius 3 is 2.37 bits per heavy atom. The fourth-order valence-corrected chi connectivity index (χ4v) is 3.16. The van der Waals surface area contributed by atoms with Crippen LogP contribution in [0.5, 0.6) is 5.75 Å². The first-order valence-electron chi connectivity index (χ1n) is 9.70. The number of carbonyl (C=O) groups excluding carboxylic acids is 1. The van der Waals surface area contributed by atoms with Gasteiger partial charge < -0.3 is 14.6 Å². The third-order valence-electron chi connectivity index (χ3n) is 4.71. The molecule has 4 aromatic rings. The van der Waals surface area contributed by atoms with Crippen molar-refractivity contribution in [2.45, 2.75) is 6.42 Å². The van der Waals surface area contributed by atoms with Crippen molar-refractivity contribution in [1.82, 2.24) is 4.57 Å². The number of rotatable bonds is 7. The van der Waals surface area contributed by atoms with Crippen LogP contribution in [0.25, 0.3) is 5.69 Å². The fourth-order valence-electron chi connectivity index (χ4n) is 3.16. The first kappa shape index (κ1) is 19.5. The number of halogens is 1. The van der Waals surface area contributed by atoms with Crippen molar-refractivity contribution >= 4 is 11.6 Å². The maximum atomic E-state index is 13.8. The van der Waals surface area contributed by atoms with E-state index >= 15 is 0 Å². The fraction of sp³-hybridized carbons (Fsp3) is 0.0800. The summed E-state index contributed by atoms with van der Waals surface area (Å²) >= 11 is 0. The number of hydrogen-bond acceptors (Lipinski definition) is 2. The Morgan fingerprint density at radius 2 is 1.63 bits per heavy atom. The predicted molar refractivity (Wildman–Crippen MR) is 116 cm³/mol. The number of nitrogens with zero attached hydrogens (tertiary/aromatic N) is 1. The molecule has 4 nitrogen and oxygen atoms in total. The van der Waals surface area contributed by atoms with E-state index in [0.717, 1.165) is 6.42 Å². The standard InChI is InChI=1S/C25H21FN2O2/c26-21-10-13-24(28-15-4-5-16-28)23(18-21)27-25(29)20-8-11-22(12-9-20)30-17-14-19-6-2-1-3-7-19/h1-13,15-16,18H,14,17H2,(H,27,29). The summed E-state index contributed by atoms with van der Waals surface area (Å²) in [4.78, 5) is 12.7. The molecule has 0 aliphatic heterocycles. The number of amides is 1. The molecule has 0 spiro atoms. The number of ether oxygens (including phenoxy) is 1. The number of aromatic nitrogens is 1. The third kappa shape index (κ3) is 4.75. The van der Waals surface area contributed by atoms with Gasteiger partial charge in [-0.1, -0.05) is 30.3 Å². The Morgan fingerprint density at radius 1 is 0.900 bits per heavy atom. The Kier molecular flexibility index (Phi) is 5.90. The quantitative estimate of drug-likeness (QED) is 0.446. The Bertz CT molecular complexity index is 1110. The minimum atomic E-state index is -0.414. The number of nitrogens with one attached hydrogen (secondary N) is 1. The van der Waals surface area contributed by atoms with E-state index in [0.29, 0.717) is 29.3 Å². The maximum absolute atomic E-state index is 13.8. The molecule has 0 saturated heterocycles. The van der Waals surface area contributed by atoms with Crippen LogP contribution in [0.2, 0.25) is 0 Å². The molecule has 0 aliphatic rings. The first-order chi connectivity index (χ1) is 14.7. The minimum Gasteiger partial charge on any atom is -0.493 e. The first-order valence-corrected chi connectivity index (χ1v) is 9.70. The molecule has 1 heterocycles. The molecular formula is C25H21FN2O2. The second-order valence-electron chi connectivity index (χ2n) is 6.81. The van der Waals surface area contributed by atoms with Crippen LogP contribution in [0.15, 0.2) is 97.3 Å². The van der Waals surface area contributed by atoms with E-state index in [9.17, 15) is 9.18 Å². The molecule has 0 atom stereocenters. The zero-order valence-electron chi connectivity index (χ0n) is 16.3. The van der Waals surface area contributed by atoms with E-state index in [1.54, 1.807) is 30.3 Å². The summed E-state index contributed by atoms with van der Waals surface area (Å²) in [5, 5.41) is 2.80. The second kappa shape index (κ2) is 9.09. The van der Waals surface area contributed by atoms with Crippen molar-refractivity contribution in [3.63, 3.8) is 0 Å². The summed E-state index contributed by atoms with van der Waals surface area (Å²) < 4.78 is 21.3. The monoisotopic (exact) mass is 400 g/mol. The molecule has 0 saturated carbocycles. The highest BCUT2D eigenvalue weighted by Gasteiger charge is 2.11. The van der Waals surface area contributed by atoms with Crippen molar-refractivity contribution in [1.29, 1.82) is 0 Å². The van der Waals surface area contributed by atoms with Gasteiger partial charge in [0.2, 0.25) is 0 Å². The zero-order chi connectivity index (χ0) is 20.8. The van der Waals surface area contributed by atoms with Gasteiger partial charge in [-0.25, -0.2) is 4.39 Å². The Hall–Kier alpha value is -3.86. The number of benzene rings is 3. The van der Waals surface area contributed by atoms with Gasteiger partial charge in [0.1, 0.15) is 11.6 Å². The lowest BCUT2D eigenvalue weighted by Crippen LogP contribution is -2.14. The average molecular weight is 400 g/mol. The summed E-state index contributed by atoms with van der Waals surface area (Å²) in [6.07, 6.45) is 4.49. The molecule has 3 aromatic carbocycles. The lowest BCUT2D eigenvalue weighted by atomic mass is 10.1. The van der Waals surface area contributed by atoms with Crippen LogP contribution in [0, 0.1) is 5.82 Å². The van der Waals surface area contributed by atoms with Gasteiger partial charge in [0.05, 0.1) is 18.0 Å². The van der Waals surface area contributed by atoms with Crippen molar-refractivity contribution < 1.29 is 13.9 Å². The minimum absolute atomic E-state index is 0.315. The molecule has 0 unspecified atom stereocenters. The summed E-state index contributed by atoms with van der Waals surface area (Å²) in [5.41, 5.74) is 2.77. The highest BCUT2D eigenvalue weighted by atomic mass is 19.1. The number of hydrogen-bond donors (Lipinski definition) is 1. The highest BCUT2D eigenvalue weighted by molar-refractivity contribution is 6.05. The summed E-state index contributed by atoms with van der Waals surface area (Å²) in [6.45, 7) is 0.555. The zero-order valence-corrected chi connectivity index (χ0v) is 16.3. The molecule has 150 valence electrons. The molecule has 1 N–H and O–H groups in total. The maximum Gasteiger partial charge on any atom is 0.255 e. The predicted octanol–water partition coefficient (Wildman–Crippen LogP) is 5.49. The van der Waals surface area contributed by atoms with Gasteiger partial charge in [0, 0.05) is 24.4 Å². The van der Waals surface area contributed by atoms with Gasteiger partial charge in [-0.3, -0.25) is 4.79 Å². The molecule has 4 rings (SSSR count). The SMILES string of the molecule is O=C(Nc1cc(F)ccc1-n1cccc1)c1ccc(OCCc2ccccc2)cc1. The van der Waals surface area contributed by atoms with E-state index in [1.165, 1.54) is 17.7 Å².